The average Bonchev–Trinajstić information content (AvgIpc) is 3.13. The molecule has 0 N–H and O–H groups in total. The highest BCUT2D eigenvalue weighted by molar-refractivity contribution is 5.98. The number of amides is 1. The lowest BCUT2D eigenvalue weighted by Gasteiger charge is -2.54. The molecule has 152 valence electrons. The molecule has 4 heterocycles. The summed E-state index contributed by atoms with van der Waals surface area (Å²) in [4.78, 5) is 18.6. The SMILES string of the molecule is Cn1ccc2cc(C(=O)N3CCCC4=C[C@H]5C[C@H](CN6CCCC[C@@H]56)[C@H]43)ccc21. The third-order valence-electron chi connectivity index (χ3n) is 8.05. The third kappa shape index (κ3) is 2.79. The third-order valence-corrected chi connectivity index (χ3v) is 8.05. The van der Waals surface area contributed by atoms with Crippen LogP contribution in [-0.2, 0) is 7.05 Å². The Labute approximate surface area is 173 Å². The van der Waals surface area contributed by atoms with Crippen molar-refractivity contribution in [3.05, 3.63) is 47.7 Å². The molecule has 2 aromatic rings. The maximum absolute atomic E-state index is 13.6. The van der Waals surface area contributed by atoms with Crippen molar-refractivity contribution >= 4 is 16.8 Å². The molecule has 4 heteroatoms. The van der Waals surface area contributed by atoms with Crippen molar-refractivity contribution in [3.8, 4) is 0 Å². The molecule has 3 saturated heterocycles. The van der Waals surface area contributed by atoms with Gasteiger partial charge in [-0.3, -0.25) is 9.69 Å². The molecule has 1 aromatic carbocycles. The predicted octanol–water partition coefficient (Wildman–Crippen LogP) is 4.21. The number of aryl methyl sites for hydroxylation is 1. The minimum atomic E-state index is 0.227. The first-order valence-corrected chi connectivity index (χ1v) is 11.5. The van der Waals surface area contributed by atoms with E-state index in [-0.39, 0.29) is 5.91 Å². The van der Waals surface area contributed by atoms with E-state index in [0.717, 1.165) is 35.9 Å². The molecular weight excluding hydrogens is 358 g/mol. The van der Waals surface area contributed by atoms with Crippen LogP contribution in [-0.4, -0.2) is 52.0 Å². The molecule has 3 aliphatic heterocycles. The first kappa shape index (κ1) is 17.8. The number of nitrogens with zero attached hydrogens (tertiary/aromatic N) is 3. The Balaban J connectivity index is 1.33. The number of piperidine rings is 3. The summed E-state index contributed by atoms with van der Waals surface area (Å²) in [7, 11) is 2.06. The van der Waals surface area contributed by atoms with E-state index in [9.17, 15) is 4.79 Å². The van der Waals surface area contributed by atoms with Gasteiger partial charge >= 0.3 is 0 Å². The van der Waals surface area contributed by atoms with Gasteiger partial charge in [0.2, 0.25) is 0 Å². The van der Waals surface area contributed by atoms with Crippen molar-refractivity contribution in [2.45, 2.75) is 50.6 Å². The van der Waals surface area contributed by atoms with Crippen LogP contribution in [0.25, 0.3) is 10.9 Å². The maximum Gasteiger partial charge on any atom is 0.254 e. The standard InChI is InChI=1S/C25H31N3O/c1-26-12-9-17-13-19(7-8-22(17)26)25(29)28-11-4-5-18-14-20-15-21(24(18)28)16-27-10-3-2-6-23(20)27/h7-9,12-14,20-21,23-24H,2-6,10-11,15-16H2,1H3/t20-,21+,23-,24-/m0/s1. The van der Waals surface area contributed by atoms with Crippen LogP contribution in [0.15, 0.2) is 42.1 Å². The van der Waals surface area contributed by atoms with Crippen LogP contribution in [0.5, 0.6) is 0 Å². The second-order valence-corrected chi connectivity index (χ2v) is 9.71. The van der Waals surface area contributed by atoms with Gasteiger partial charge in [0.05, 0.1) is 6.04 Å². The molecule has 0 radical (unpaired) electrons. The Morgan fingerprint density at radius 1 is 1.10 bits per heavy atom. The summed E-state index contributed by atoms with van der Waals surface area (Å²) >= 11 is 0. The van der Waals surface area contributed by atoms with Crippen molar-refractivity contribution < 1.29 is 4.79 Å². The van der Waals surface area contributed by atoms with Gasteiger partial charge in [-0.1, -0.05) is 18.1 Å². The maximum atomic E-state index is 13.6. The fraction of sp³-hybridized carbons (Fsp3) is 0.560. The minimum Gasteiger partial charge on any atom is -0.351 e. The van der Waals surface area contributed by atoms with E-state index >= 15 is 0 Å². The minimum absolute atomic E-state index is 0.227. The molecule has 0 saturated carbocycles. The van der Waals surface area contributed by atoms with Gasteiger partial charge in [0.15, 0.2) is 0 Å². The molecule has 29 heavy (non-hydrogen) atoms. The highest BCUT2D eigenvalue weighted by Crippen LogP contribution is 2.45. The van der Waals surface area contributed by atoms with Crippen LogP contribution < -0.4 is 0 Å². The zero-order valence-corrected chi connectivity index (χ0v) is 17.4. The van der Waals surface area contributed by atoms with Gasteiger partial charge in [-0.05, 0) is 74.8 Å². The molecule has 4 nitrogen and oxygen atoms in total. The molecule has 1 aromatic heterocycles. The summed E-state index contributed by atoms with van der Waals surface area (Å²) in [6.45, 7) is 3.34. The highest BCUT2D eigenvalue weighted by Gasteiger charge is 2.46. The van der Waals surface area contributed by atoms with Crippen molar-refractivity contribution in [1.29, 1.82) is 0 Å². The van der Waals surface area contributed by atoms with Gasteiger partial charge in [0.1, 0.15) is 0 Å². The van der Waals surface area contributed by atoms with Crippen molar-refractivity contribution in [1.82, 2.24) is 14.4 Å². The monoisotopic (exact) mass is 389 g/mol. The average molecular weight is 390 g/mol. The number of hydrogen-bond acceptors (Lipinski definition) is 2. The van der Waals surface area contributed by atoms with Crippen molar-refractivity contribution in [2.24, 2.45) is 18.9 Å². The summed E-state index contributed by atoms with van der Waals surface area (Å²) in [6, 6.07) is 9.40. The van der Waals surface area contributed by atoms with Gasteiger partial charge in [0, 0.05) is 48.8 Å². The van der Waals surface area contributed by atoms with E-state index in [0.29, 0.717) is 12.0 Å². The molecule has 2 bridgehead atoms. The highest BCUT2D eigenvalue weighted by atomic mass is 16.2. The lowest BCUT2D eigenvalue weighted by atomic mass is 9.68. The second kappa shape index (κ2) is 6.73. The number of rotatable bonds is 1. The zero-order chi connectivity index (χ0) is 19.5. The fourth-order valence-corrected chi connectivity index (χ4v) is 6.78. The van der Waals surface area contributed by atoms with E-state index < -0.39 is 0 Å². The topological polar surface area (TPSA) is 28.5 Å². The van der Waals surface area contributed by atoms with E-state index in [1.54, 1.807) is 5.57 Å². The van der Waals surface area contributed by atoms with E-state index in [4.69, 9.17) is 0 Å². The predicted molar refractivity (Wildman–Crippen MR) is 116 cm³/mol. The molecule has 0 unspecified atom stereocenters. The van der Waals surface area contributed by atoms with Gasteiger partial charge in [-0.15, -0.1) is 0 Å². The van der Waals surface area contributed by atoms with E-state index in [1.165, 1.54) is 50.7 Å². The second-order valence-electron chi connectivity index (χ2n) is 9.71. The van der Waals surface area contributed by atoms with Crippen LogP contribution in [0.4, 0.5) is 0 Å². The Bertz CT molecular complexity index is 989. The fourth-order valence-electron chi connectivity index (χ4n) is 6.78. The van der Waals surface area contributed by atoms with Gasteiger partial charge in [-0.25, -0.2) is 0 Å². The smallest absolute Gasteiger partial charge is 0.254 e. The lowest BCUT2D eigenvalue weighted by molar-refractivity contribution is 0.00148. The number of aromatic nitrogens is 1. The molecule has 4 atom stereocenters. The summed E-state index contributed by atoms with van der Waals surface area (Å²) in [5, 5.41) is 1.16. The number of fused-ring (bicyclic) bond motifs is 7. The van der Waals surface area contributed by atoms with Crippen molar-refractivity contribution in [3.63, 3.8) is 0 Å². The van der Waals surface area contributed by atoms with Gasteiger partial charge in [-0.2, -0.15) is 0 Å². The summed E-state index contributed by atoms with van der Waals surface area (Å²) in [6.07, 6.45) is 12.3. The number of hydrogen-bond donors (Lipinski definition) is 0. The number of likely N-dealkylation sites (tertiary alicyclic amines) is 1. The molecule has 1 amide bonds. The Morgan fingerprint density at radius 3 is 2.97 bits per heavy atom. The summed E-state index contributed by atoms with van der Waals surface area (Å²) in [5.74, 6) is 1.56. The first-order valence-electron chi connectivity index (χ1n) is 11.5. The van der Waals surface area contributed by atoms with E-state index in [2.05, 4.69) is 51.9 Å². The molecule has 1 aliphatic carbocycles. The number of carbonyl (C=O) groups is 1. The van der Waals surface area contributed by atoms with Crippen LogP contribution in [0.1, 0.15) is 48.9 Å². The van der Waals surface area contributed by atoms with Gasteiger partial charge < -0.3 is 9.47 Å². The Morgan fingerprint density at radius 2 is 2.03 bits per heavy atom. The van der Waals surface area contributed by atoms with E-state index in [1.807, 2.05) is 6.07 Å². The number of carbonyl (C=O) groups excluding carboxylic acids is 1. The largest absolute Gasteiger partial charge is 0.351 e. The normalized spacial score (nSPS) is 31.9. The lowest BCUT2D eigenvalue weighted by Crippen LogP contribution is -2.60. The molecule has 3 fully saturated rings. The first-order chi connectivity index (χ1) is 14.2. The summed E-state index contributed by atoms with van der Waals surface area (Å²) in [5.41, 5.74) is 3.60. The quantitative estimate of drug-likeness (QED) is 0.684. The molecule has 0 spiro atoms. The Kier molecular flexibility index (Phi) is 4.12. The van der Waals surface area contributed by atoms with Crippen LogP contribution >= 0.6 is 0 Å². The molecular formula is C25H31N3O. The van der Waals surface area contributed by atoms with Crippen molar-refractivity contribution in [2.75, 3.05) is 19.6 Å². The number of benzene rings is 1. The van der Waals surface area contributed by atoms with Crippen LogP contribution in [0, 0.1) is 11.8 Å². The van der Waals surface area contributed by atoms with Crippen LogP contribution in [0.3, 0.4) is 0 Å². The molecule has 4 aliphatic rings. The summed E-state index contributed by atoms with van der Waals surface area (Å²) < 4.78 is 2.11. The zero-order valence-electron chi connectivity index (χ0n) is 17.4. The Hall–Kier alpha value is -2.07. The van der Waals surface area contributed by atoms with Crippen LogP contribution in [0.2, 0.25) is 0 Å². The van der Waals surface area contributed by atoms with Gasteiger partial charge in [0.25, 0.3) is 5.91 Å². The molecule has 6 rings (SSSR count).